The van der Waals surface area contributed by atoms with Gasteiger partial charge in [-0.1, -0.05) is 18.6 Å². The number of aromatic nitrogens is 1. The zero-order valence-electron chi connectivity index (χ0n) is 9.09. The molecule has 0 aliphatic heterocycles. The average Bonchev–Trinajstić information content (AvgIpc) is 2.55. The van der Waals surface area contributed by atoms with Gasteiger partial charge in [0.05, 0.1) is 5.52 Å². The monoisotopic (exact) mass is 218 g/mol. The van der Waals surface area contributed by atoms with Gasteiger partial charge in [0.2, 0.25) is 0 Å². The molecule has 0 fully saturated rings. The molecular weight excluding hydrogens is 203 g/mol. The Balaban J connectivity index is 2.30. The zero-order chi connectivity index (χ0) is 11.1. The van der Waals surface area contributed by atoms with E-state index < -0.39 is 0 Å². The van der Waals surface area contributed by atoms with Crippen LogP contribution in [0.3, 0.4) is 0 Å². The van der Waals surface area contributed by atoms with Crippen molar-refractivity contribution in [1.29, 1.82) is 0 Å². The lowest BCUT2D eigenvalue weighted by molar-refractivity contribution is 0.616. The van der Waals surface area contributed by atoms with Crippen molar-refractivity contribution >= 4 is 10.9 Å². The standard InChI is InChI=1S/C13H15FN2/c14-9-5-3-4-8-12-10(15)6-1-2-7-11(12)16-13(8)9/h3-5,10,16H,1-2,6-7,15H2. The second kappa shape index (κ2) is 3.59. The van der Waals surface area contributed by atoms with E-state index in [9.17, 15) is 4.39 Å². The molecule has 84 valence electrons. The van der Waals surface area contributed by atoms with Crippen LogP contribution in [0, 0.1) is 5.82 Å². The molecule has 0 saturated carbocycles. The molecule has 0 amide bonds. The molecule has 1 aliphatic carbocycles. The van der Waals surface area contributed by atoms with Crippen LogP contribution in [0.25, 0.3) is 10.9 Å². The molecule has 1 atom stereocenters. The minimum absolute atomic E-state index is 0.0491. The lowest BCUT2D eigenvalue weighted by atomic mass is 10.0. The summed E-state index contributed by atoms with van der Waals surface area (Å²) in [5.41, 5.74) is 9.04. The number of nitrogens with one attached hydrogen (secondary N) is 1. The molecule has 3 heteroatoms. The van der Waals surface area contributed by atoms with Crippen molar-refractivity contribution in [3.05, 3.63) is 35.3 Å². The van der Waals surface area contributed by atoms with Crippen molar-refractivity contribution in [3.63, 3.8) is 0 Å². The van der Waals surface area contributed by atoms with Crippen molar-refractivity contribution in [1.82, 2.24) is 4.98 Å². The van der Waals surface area contributed by atoms with Gasteiger partial charge in [0, 0.05) is 17.1 Å². The molecule has 16 heavy (non-hydrogen) atoms. The first-order chi connectivity index (χ1) is 7.77. The van der Waals surface area contributed by atoms with Crippen LogP contribution in [0.4, 0.5) is 4.39 Å². The summed E-state index contributed by atoms with van der Waals surface area (Å²) in [6.45, 7) is 0. The molecule has 0 radical (unpaired) electrons. The van der Waals surface area contributed by atoms with Crippen LogP contribution in [0.5, 0.6) is 0 Å². The Kier molecular flexibility index (Phi) is 2.21. The molecule has 1 heterocycles. The van der Waals surface area contributed by atoms with Crippen LogP contribution >= 0.6 is 0 Å². The van der Waals surface area contributed by atoms with Crippen LogP contribution in [0.15, 0.2) is 18.2 Å². The number of hydrogen-bond acceptors (Lipinski definition) is 1. The molecule has 0 spiro atoms. The van der Waals surface area contributed by atoms with E-state index in [0.29, 0.717) is 5.52 Å². The number of rotatable bonds is 0. The van der Waals surface area contributed by atoms with Gasteiger partial charge in [-0.15, -0.1) is 0 Å². The number of halogens is 1. The number of H-pyrrole nitrogens is 1. The SMILES string of the molecule is NC1CCCCc2[nH]c3c(F)cccc3c21. The number of fused-ring (bicyclic) bond motifs is 3. The number of aromatic amines is 1. The summed E-state index contributed by atoms with van der Waals surface area (Å²) in [6.07, 6.45) is 4.27. The number of benzene rings is 1. The first-order valence-electron chi connectivity index (χ1n) is 5.82. The van der Waals surface area contributed by atoms with E-state index in [0.717, 1.165) is 42.3 Å². The first-order valence-corrected chi connectivity index (χ1v) is 5.82. The van der Waals surface area contributed by atoms with Gasteiger partial charge in [-0.2, -0.15) is 0 Å². The van der Waals surface area contributed by atoms with Gasteiger partial charge in [0.15, 0.2) is 0 Å². The fraction of sp³-hybridized carbons (Fsp3) is 0.385. The highest BCUT2D eigenvalue weighted by Crippen LogP contribution is 2.33. The van der Waals surface area contributed by atoms with Gasteiger partial charge in [0.1, 0.15) is 5.82 Å². The summed E-state index contributed by atoms with van der Waals surface area (Å²) in [5.74, 6) is -0.183. The van der Waals surface area contributed by atoms with Crippen molar-refractivity contribution < 1.29 is 4.39 Å². The molecule has 1 aromatic heterocycles. The van der Waals surface area contributed by atoms with Crippen molar-refractivity contribution in [2.45, 2.75) is 31.7 Å². The topological polar surface area (TPSA) is 41.8 Å². The second-order valence-corrected chi connectivity index (χ2v) is 4.53. The summed E-state index contributed by atoms with van der Waals surface area (Å²) in [7, 11) is 0. The summed E-state index contributed by atoms with van der Waals surface area (Å²) in [5, 5.41) is 0.962. The predicted molar refractivity (Wildman–Crippen MR) is 62.7 cm³/mol. The highest BCUT2D eigenvalue weighted by molar-refractivity contribution is 5.85. The third-order valence-corrected chi connectivity index (χ3v) is 3.47. The van der Waals surface area contributed by atoms with E-state index in [2.05, 4.69) is 4.98 Å². The van der Waals surface area contributed by atoms with E-state index in [-0.39, 0.29) is 11.9 Å². The Morgan fingerprint density at radius 2 is 2.19 bits per heavy atom. The van der Waals surface area contributed by atoms with Crippen LogP contribution in [0.1, 0.15) is 36.6 Å². The first kappa shape index (κ1) is 9.85. The van der Waals surface area contributed by atoms with Gasteiger partial charge < -0.3 is 10.7 Å². The van der Waals surface area contributed by atoms with Gasteiger partial charge in [-0.3, -0.25) is 0 Å². The minimum Gasteiger partial charge on any atom is -0.356 e. The molecule has 0 bridgehead atoms. The van der Waals surface area contributed by atoms with E-state index >= 15 is 0 Å². The molecule has 3 rings (SSSR count). The summed E-state index contributed by atoms with van der Waals surface area (Å²) >= 11 is 0. The summed E-state index contributed by atoms with van der Waals surface area (Å²) in [6, 6.07) is 5.25. The number of hydrogen-bond donors (Lipinski definition) is 2. The van der Waals surface area contributed by atoms with E-state index in [1.165, 1.54) is 6.07 Å². The van der Waals surface area contributed by atoms with Gasteiger partial charge in [0.25, 0.3) is 0 Å². The van der Waals surface area contributed by atoms with E-state index in [1.54, 1.807) is 6.07 Å². The van der Waals surface area contributed by atoms with Crippen LogP contribution in [-0.4, -0.2) is 4.98 Å². The Bertz CT molecular complexity index is 530. The maximum atomic E-state index is 13.6. The Hall–Kier alpha value is -1.35. The highest BCUT2D eigenvalue weighted by Gasteiger charge is 2.21. The van der Waals surface area contributed by atoms with Crippen molar-refractivity contribution in [3.8, 4) is 0 Å². The minimum atomic E-state index is -0.183. The van der Waals surface area contributed by atoms with Gasteiger partial charge in [-0.05, 0) is 30.9 Å². The Labute approximate surface area is 93.6 Å². The normalized spacial score (nSPS) is 20.8. The van der Waals surface area contributed by atoms with Crippen molar-refractivity contribution in [2.24, 2.45) is 5.73 Å². The Morgan fingerprint density at radius 1 is 1.31 bits per heavy atom. The molecular formula is C13H15FN2. The lowest BCUT2D eigenvalue weighted by Crippen LogP contribution is -2.09. The summed E-state index contributed by atoms with van der Waals surface area (Å²) < 4.78 is 13.6. The molecule has 2 nitrogen and oxygen atoms in total. The third-order valence-electron chi connectivity index (χ3n) is 3.47. The molecule has 0 saturated heterocycles. The molecule has 1 unspecified atom stereocenters. The van der Waals surface area contributed by atoms with E-state index in [4.69, 9.17) is 5.73 Å². The maximum absolute atomic E-state index is 13.6. The molecule has 1 aromatic carbocycles. The van der Waals surface area contributed by atoms with E-state index in [1.807, 2.05) is 6.07 Å². The summed E-state index contributed by atoms with van der Waals surface area (Å²) in [4.78, 5) is 3.20. The number of aryl methyl sites for hydroxylation is 1. The lowest BCUT2D eigenvalue weighted by Gasteiger charge is -2.08. The smallest absolute Gasteiger partial charge is 0.147 e. The molecule has 3 N–H and O–H groups in total. The Morgan fingerprint density at radius 3 is 3.06 bits per heavy atom. The zero-order valence-corrected chi connectivity index (χ0v) is 9.09. The van der Waals surface area contributed by atoms with Crippen LogP contribution < -0.4 is 5.73 Å². The average molecular weight is 218 g/mol. The largest absolute Gasteiger partial charge is 0.356 e. The number of nitrogens with two attached hydrogens (primary N) is 1. The fourth-order valence-electron chi connectivity index (χ4n) is 2.69. The van der Waals surface area contributed by atoms with Crippen LogP contribution in [0.2, 0.25) is 0 Å². The van der Waals surface area contributed by atoms with Crippen molar-refractivity contribution in [2.75, 3.05) is 0 Å². The number of para-hydroxylation sites is 1. The molecule has 1 aliphatic rings. The highest BCUT2D eigenvalue weighted by atomic mass is 19.1. The van der Waals surface area contributed by atoms with Gasteiger partial charge >= 0.3 is 0 Å². The third kappa shape index (κ3) is 1.35. The fourth-order valence-corrected chi connectivity index (χ4v) is 2.69. The van der Waals surface area contributed by atoms with Crippen LogP contribution in [-0.2, 0) is 6.42 Å². The quantitative estimate of drug-likeness (QED) is 0.656. The predicted octanol–water partition coefficient (Wildman–Crippen LogP) is 3.03. The van der Waals surface area contributed by atoms with Gasteiger partial charge in [-0.25, -0.2) is 4.39 Å². The molecule has 2 aromatic rings. The second-order valence-electron chi connectivity index (χ2n) is 4.53. The maximum Gasteiger partial charge on any atom is 0.147 e.